The van der Waals surface area contributed by atoms with E-state index in [2.05, 4.69) is 25.0 Å². The molecule has 14 heteroatoms. The Morgan fingerprint density at radius 1 is 1.24 bits per heavy atom. The van der Waals surface area contributed by atoms with Gasteiger partial charge >= 0.3 is 12.3 Å². The number of carbonyl (C=O) groups excluding carboxylic acids is 1. The molecule has 0 bridgehead atoms. The zero-order chi connectivity index (χ0) is 27.9. The van der Waals surface area contributed by atoms with E-state index in [1.54, 1.807) is 25.7 Å². The second kappa shape index (κ2) is 10.1. The van der Waals surface area contributed by atoms with Gasteiger partial charge in [-0.15, -0.1) is 0 Å². The van der Waals surface area contributed by atoms with Crippen molar-refractivity contribution in [2.24, 2.45) is 0 Å². The van der Waals surface area contributed by atoms with Crippen molar-refractivity contribution < 1.29 is 31.1 Å². The largest absolute Gasteiger partial charge is 0.444 e. The molecule has 10 nitrogen and oxygen atoms in total. The molecule has 1 amide bonds. The van der Waals surface area contributed by atoms with Crippen LogP contribution in [-0.2, 0) is 20.9 Å². The molecule has 1 aromatic carbocycles. The normalized spacial score (nSPS) is 17.0. The minimum absolute atomic E-state index is 0.0206. The van der Waals surface area contributed by atoms with Crippen LogP contribution in [0.1, 0.15) is 39.2 Å². The van der Waals surface area contributed by atoms with E-state index < -0.39 is 33.5 Å². The molecular formula is C24H29F3N6O4S. The predicted octanol–water partition coefficient (Wildman–Crippen LogP) is 4.36. The standard InChI is InChI=1S/C24H29F3N6O4S/c1-23(2,3)37-22(34)33-9-5-6-14(13-33)31-21-30-12-18(24(25,26)27)20(32-21)17-11-29-19-10-15(7-8-16(17)19)38(35,36)28-4/h7-8,10-12,14,28-29H,5-6,9,13H2,1-4H3,(H,30,31,32)/t14-/m0/s1. The smallest absolute Gasteiger partial charge is 0.419 e. The minimum atomic E-state index is -4.73. The van der Waals surface area contributed by atoms with Crippen LogP contribution in [0, 0.1) is 0 Å². The second-order valence-corrected chi connectivity index (χ2v) is 11.9. The summed E-state index contributed by atoms with van der Waals surface area (Å²) in [4.78, 5) is 25.0. The first kappa shape index (κ1) is 27.6. The summed E-state index contributed by atoms with van der Waals surface area (Å²) in [5.74, 6) is -0.0206. The molecule has 0 spiro atoms. The fraction of sp³-hybridized carbons (Fsp3) is 0.458. The third-order valence-corrected chi connectivity index (χ3v) is 7.40. The number of likely N-dealkylation sites (tertiary alicyclic amines) is 1. The van der Waals surface area contributed by atoms with Crippen LogP contribution in [0.15, 0.2) is 35.5 Å². The van der Waals surface area contributed by atoms with Gasteiger partial charge in [0.15, 0.2) is 0 Å². The summed E-state index contributed by atoms with van der Waals surface area (Å²) in [6, 6.07) is 3.79. The number of rotatable bonds is 5. The van der Waals surface area contributed by atoms with Crippen molar-refractivity contribution in [1.82, 2.24) is 24.6 Å². The fourth-order valence-corrected chi connectivity index (χ4v) is 4.98. The lowest BCUT2D eigenvalue weighted by molar-refractivity contribution is -0.137. The SMILES string of the molecule is CNS(=O)(=O)c1ccc2c(-c3nc(N[C@H]4CCCN(C(=O)OC(C)(C)C)C4)ncc3C(F)(F)F)c[nH]c2c1. The van der Waals surface area contributed by atoms with Crippen molar-refractivity contribution in [3.63, 3.8) is 0 Å². The van der Waals surface area contributed by atoms with E-state index in [1.165, 1.54) is 31.4 Å². The lowest BCUT2D eigenvalue weighted by Gasteiger charge is -2.34. The summed E-state index contributed by atoms with van der Waals surface area (Å²) >= 11 is 0. The van der Waals surface area contributed by atoms with Crippen LogP contribution in [0.3, 0.4) is 0 Å². The summed E-state index contributed by atoms with van der Waals surface area (Å²) in [5, 5.41) is 3.42. The maximum Gasteiger partial charge on any atom is 0.419 e. The highest BCUT2D eigenvalue weighted by molar-refractivity contribution is 7.89. The lowest BCUT2D eigenvalue weighted by Crippen LogP contribution is -2.47. The molecular weight excluding hydrogens is 525 g/mol. The number of anilines is 1. The number of hydrogen-bond donors (Lipinski definition) is 3. The molecule has 0 radical (unpaired) electrons. The Balaban J connectivity index is 1.65. The molecule has 0 saturated carbocycles. The highest BCUT2D eigenvalue weighted by atomic mass is 32.2. The van der Waals surface area contributed by atoms with Crippen LogP contribution in [0.4, 0.5) is 23.9 Å². The zero-order valence-corrected chi connectivity index (χ0v) is 22.1. The fourth-order valence-electron chi connectivity index (χ4n) is 4.22. The number of fused-ring (bicyclic) bond motifs is 1. The van der Waals surface area contributed by atoms with Gasteiger partial charge in [-0.1, -0.05) is 6.07 Å². The molecule has 3 heterocycles. The number of aromatic nitrogens is 3. The highest BCUT2D eigenvalue weighted by Crippen LogP contribution is 2.39. The first-order valence-electron chi connectivity index (χ1n) is 11.9. The number of ether oxygens (including phenoxy) is 1. The zero-order valence-electron chi connectivity index (χ0n) is 21.3. The van der Waals surface area contributed by atoms with E-state index in [0.29, 0.717) is 30.3 Å². The first-order chi connectivity index (χ1) is 17.7. The maximum absolute atomic E-state index is 13.9. The number of alkyl halides is 3. The molecule has 3 N–H and O–H groups in total. The molecule has 2 aromatic heterocycles. The van der Waals surface area contributed by atoms with Crippen molar-refractivity contribution in [2.45, 2.75) is 56.3 Å². The van der Waals surface area contributed by atoms with Gasteiger partial charge in [0.2, 0.25) is 16.0 Å². The number of halogens is 3. The van der Waals surface area contributed by atoms with E-state index in [0.717, 1.165) is 6.20 Å². The second-order valence-electron chi connectivity index (χ2n) is 9.98. The Morgan fingerprint density at radius 3 is 2.63 bits per heavy atom. The quantitative estimate of drug-likeness (QED) is 0.427. The Hall–Kier alpha value is -3.39. The molecule has 1 fully saturated rings. The first-order valence-corrected chi connectivity index (χ1v) is 13.4. The molecule has 1 saturated heterocycles. The Bertz CT molecular complexity index is 1450. The number of piperidine rings is 1. The number of nitrogens with one attached hydrogen (secondary N) is 3. The van der Waals surface area contributed by atoms with Gasteiger partial charge in [-0.05, 0) is 52.8 Å². The summed E-state index contributed by atoms with van der Waals surface area (Å²) in [5.41, 5.74) is -1.57. The van der Waals surface area contributed by atoms with Crippen molar-refractivity contribution in [1.29, 1.82) is 0 Å². The van der Waals surface area contributed by atoms with Crippen LogP contribution in [0.2, 0.25) is 0 Å². The van der Waals surface area contributed by atoms with E-state index in [9.17, 15) is 26.4 Å². The molecule has 0 aliphatic carbocycles. The summed E-state index contributed by atoms with van der Waals surface area (Å²) < 4.78 is 73.7. The van der Waals surface area contributed by atoms with Gasteiger partial charge in [0.05, 0.1) is 10.6 Å². The number of sulfonamides is 1. The molecule has 38 heavy (non-hydrogen) atoms. The van der Waals surface area contributed by atoms with E-state index in [4.69, 9.17) is 4.74 Å². The van der Waals surface area contributed by atoms with Gasteiger partial charge in [-0.2, -0.15) is 13.2 Å². The topological polar surface area (TPSA) is 129 Å². The van der Waals surface area contributed by atoms with Gasteiger partial charge in [-0.25, -0.2) is 27.9 Å². The van der Waals surface area contributed by atoms with Crippen molar-refractivity contribution in [3.05, 3.63) is 36.2 Å². The van der Waals surface area contributed by atoms with Crippen LogP contribution >= 0.6 is 0 Å². The highest BCUT2D eigenvalue weighted by Gasteiger charge is 2.36. The van der Waals surface area contributed by atoms with E-state index >= 15 is 0 Å². The van der Waals surface area contributed by atoms with Crippen LogP contribution < -0.4 is 10.0 Å². The molecule has 1 aliphatic rings. The molecule has 0 unspecified atom stereocenters. The average Bonchev–Trinajstić information content (AvgIpc) is 3.26. The number of aromatic amines is 1. The minimum Gasteiger partial charge on any atom is -0.444 e. The molecule has 3 aromatic rings. The number of H-pyrrole nitrogens is 1. The number of nitrogens with zero attached hydrogens (tertiary/aromatic N) is 3. The van der Waals surface area contributed by atoms with Crippen molar-refractivity contribution in [3.8, 4) is 11.3 Å². The summed E-state index contributed by atoms with van der Waals surface area (Å²) in [6.07, 6.45) is -1.79. The van der Waals surface area contributed by atoms with Gasteiger partial charge in [0, 0.05) is 48.0 Å². The maximum atomic E-state index is 13.9. The number of benzene rings is 1. The summed E-state index contributed by atoms with van der Waals surface area (Å²) in [7, 11) is -2.48. The van der Waals surface area contributed by atoms with Crippen LogP contribution in [0.25, 0.3) is 22.2 Å². The molecule has 1 aliphatic heterocycles. The monoisotopic (exact) mass is 554 g/mol. The third kappa shape index (κ3) is 6.01. The third-order valence-electron chi connectivity index (χ3n) is 5.99. The van der Waals surface area contributed by atoms with Crippen LogP contribution in [-0.4, -0.2) is 66.1 Å². The van der Waals surface area contributed by atoms with Gasteiger partial charge in [0.1, 0.15) is 11.2 Å². The van der Waals surface area contributed by atoms with Gasteiger partial charge < -0.3 is 19.9 Å². The van der Waals surface area contributed by atoms with Crippen LogP contribution in [0.5, 0.6) is 0 Å². The average molecular weight is 555 g/mol. The lowest BCUT2D eigenvalue weighted by atomic mass is 10.1. The van der Waals surface area contributed by atoms with Gasteiger partial charge in [0.25, 0.3) is 0 Å². The van der Waals surface area contributed by atoms with Crippen molar-refractivity contribution in [2.75, 3.05) is 25.5 Å². The summed E-state index contributed by atoms with van der Waals surface area (Å²) in [6.45, 7) is 6.10. The van der Waals surface area contributed by atoms with Crippen molar-refractivity contribution >= 4 is 33.0 Å². The molecule has 4 rings (SSSR count). The Morgan fingerprint density at radius 2 is 1.97 bits per heavy atom. The number of hydrogen-bond acceptors (Lipinski definition) is 7. The Labute approximate surface area is 218 Å². The van der Waals surface area contributed by atoms with E-state index in [-0.39, 0.29) is 34.7 Å². The molecule has 1 atom stereocenters. The van der Waals surface area contributed by atoms with E-state index in [1.807, 2.05) is 0 Å². The number of carbonyl (C=O) groups is 1. The number of amides is 1. The molecule has 206 valence electrons. The predicted molar refractivity (Wildman–Crippen MR) is 135 cm³/mol. The van der Waals surface area contributed by atoms with Gasteiger partial charge in [-0.3, -0.25) is 0 Å². The Kier molecular flexibility index (Phi) is 7.32.